The summed E-state index contributed by atoms with van der Waals surface area (Å²) in [4.78, 5) is 12.2. The molecule has 112 valence electrons. The highest BCUT2D eigenvalue weighted by molar-refractivity contribution is 6.31. The number of rotatable bonds is 5. The van der Waals surface area contributed by atoms with E-state index >= 15 is 0 Å². The number of hydrogen-bond acceptors (Lipinski definition) is 3. The Morgan fingerprint density at radius 2 is 1.90 bits per heavy atom. The number of ether oxygens (including phenoxy) is 1. The number of nitrogens with one attached hydrogen (secondary N) is 1. The molecule has 0 spiro atoms. The van der Waals surface area contributed by atoms with E-state index in [9.17, 15) is 4.79 Å². The van der Waals surface area contributed by atoms with Gasteiger partial charge in [-0.1, -0.05) is 43.6 Å². The third-order valence-corrected chi connectivity index (χ3v) is 3.17. The van der Waals surface area contributed by atoms with Crippen molar-refractivity contribution in [1.82, 2.24) is 5.32 Å². The van der Waals surface area contributed by atoms with Gasteiger partial charge in [0.1, 0.15) is 11.6 Å². The monoisotopic (exact) mass is 297 g/mol. The van der Waals surface area contributed by atoms with Crippen molar-refractivity contribution in [2.75, 3.05) is 0 Å². The van der Waals surface area contributed by atoms with Gasteiger partial charge in [-0.3, -0.25) is 4.79 Å². The molecule has 1 aromatic carbocycles. The Morgan fingerprint density at radius 3 is 2.40 bits per heavy atom. The molecule has 0 heterocycles. The van der Waals surface area contributed by atoms with Crippen molar-refractivity contribution in [1.29, 1.82) is 0 Å². The van der Waals surface area contributed by atoms with Crippen LogP contribution in [0.5, 0.6) is 0 Å². The summed E-state index contributed by atoms with van der Waals surface area (Å²) in [5, 5.41) is 3.94. The van der Waals surface area contributed by atoms with Gasteiger partial charge in [0.25, 0.3) is 0 Å². The van der Waals surface area contributed by atoms with Crippen molar-refractivity contribution in [2.24, 2.45) is 5.92 Å². The molecule has 3 nitrogen and oxygen atoms in total. The van der Waals surface area contributed by atoms with Gasteiger partial charge in [-0.2, -0.15) is 0 Å². The Balaban J connectivity index is 2.69. The Hall–Kier alpha value is -1.06. The molecule has 0 fully saturated rings. The zero-order chi connectivity index (χ0) is 15.3. The molecule has 0 saturated heterocycles. The number of hydrogen-bond donors (Lipinski definition) is 1. The van der Waals surface area contributed by atoms with Crippen LogP contribution in [0.1, 0.15) is 40.2 Å². The molecule has 4 heteroatoms. The molecule has 0 bridgehead atoms. The van der Waals surface area contributed by atoms with Crippen molar-refractivity contribution >= 4 is 17.6 Å². The number of carbonyl (C=O) groups excluding carboxylic acids is 1. The Bertz CT molecular complexity index is 452. The summed E-state index contributed by atoms with van der Waals surface area (Å²) in [6.07, 6.45) is 0. The van der Waals surface area contributed by atoms with E-state index in [0.29, 0.717) is 11.6 Å². The average molecular weight is 298 g/mol. The Labute approximate surface area is 126 Å². The maximum absolute atomic E-state index is 12.2. The largest absolute Gasteiger partial charge is 0.459 e. The molecule has 20 heavy (non-hydrogen) atoms. The first kappa shape index (κ1) is 17.0. The van der Waals surface area contributed by atoms with Crippen LogP contribution in [0.15, 0.2) is 24.3 Å². The molecule has 1 atom stereocenters. The van der Waals surface area contributed by atoms with Crippen LogP contribution < -0.4 is 5.32 Å². The van der Waals surface area contributed by atoms with E-state index in [2.05, 4.69) is 5.32 Å². The molecule has 0 radical (unpaired) electrons. The minimum Gasteiger partial charge on any atom is -0.459 e. The smallest absolute Gasteiger partial charge is 0.323 e. The molecule has 0 aliphatic rings. The summed E-state index contributed by atoms with van der Waals surface area (Å²) in [5.41, 5.74) is 0.499. The fourth-order valence-corrected chi connectivity index (χ4v) is 2.02. The van der Waals surface area contributed by atoms with Crippen molar-refractivity contribution in [3.63, 3.8) is 0 Å². The summed E-state index contributed by atoms with van der Waals surface area (Å²) in [5.74, 6) is -0.0770. The predicted molar refractivity (Wildman–Crippen MR) is 82.8 cm³/mol. The summed E-state index contributed by atoms with van der Waals surface area (Å²) in [6.45, 7) is 10.1. The summed E-state index contributed by atoms with van der Waals surface area (Å²) >= 11 is 6.12. The minimum absolute atomic E-state index is 0.146. The van der Waals surface area contributed by atoms with Crippen molar-refractivity contribution < 1.29 is 9.53 Å². The van der Waals surface area contributed by atoms with Crippen LogP contribution in [-0.2, 0) is 16.1 Å². The summed E-state index contributed by atoms with van der Waals surface area (Å²) < 4.78 is 5.45. The van der Waals surface area contributed by atoms with Gasteiger partial charge in [0.15, 0.2) is 0 Å². The molecule has 0 aliphatic heterocycles. The zero-order valence-corrected chi connectivity index (χ0v) is 13.6. The number of benzene rings is 1. The van der Waals surface area contributed by atoms with Gasteiger partial charge in [0.05, 0.1) is 0 Å². The van der Waals surface area contributed by atoms with E-state index in [-0.39, 0.29) is 17.9 Å². The molecule has 0 saturated carbocycles. The highest BCUT2D eigenvalue weighted by Gasteiger charge is 2.27. The lowest BCUT2D eigenvalue weighted by molar-refractivity contribution is -0.158. The van der Waals surface area contributed by atoms with Crippen LogP contribution in [-0.4, -0.2) is 17.6 Å². The number of esters is 1. The van der Waals surface area contributed by atoms with E-state index in [0.717, 1.165) is 5.56 Å². The third kappa shape index (κ3) is 5.51. The van der Waals surface area contributed by atoms with Crippen LogP contribution in [0.4, 0.5) is 0 Å². The van der Waals surface area contributed by atoms with Gasteiger partial charge >= 0.3 is 5.97 Å². The second-order valence-corrected chi connectivity index (χ2v) is 6.63. The fraction of sp³-hybridized carbons (Fsp3) is 0.562. The highest BCUT2D eigenvalue weighted by Crippen LogP contribution is 2.16. The first-order valence-electron chi connectivity index (χ1n) is 6.90. The Morgan fingerprint density at radius 1 is 1.30 bits per heavy atom. The zero-order valence-electron chi connectivity index (χ0n) is 12.9. The van der Waals surface area contributed by atoms with Gasteiger partial charge in [-0.25, -0.2) is 0 Å². The summed E-state index contributed by atoms with van der Waals surface area (Å²) in [6, 6.07) is 7.27. The van der Waals surface area contributed by atoms with E-state index in [1.54, 1.807) is 0 Å². The molecule has 1 rings (SSSR count). The lowest BCUT2D eigenvalue weighted by Gasteiger charge is -2.26. The third-order valence-electron chi connectivity index (χ3n) is 2.80. The van der Waals surface area contributed by atoms with Gasteiger partial charge in [-0.15, -0.1) is 0 Å². The molecule has 0 amide bonds. The van der Waals surface area contributed by atoms with Gasteiger partial charge in [0, 0.05) is 11.6 Å². The molecule has 1 aromatic rings. The van der Waals surface area contributed by atoms with Gasteiger partial charge in [-0.05, 0) is 38.3 Å². The van der Waals surface area contributed by atoms with Crippen LogP contribution in [0.3, 0.4) is 0 Å². The molecule has 0 aromatic heterocycles. The highest BCUT2D eigenvalue weighted by atomic mass is 35.5. The maximum Gasteiger partial charge on any atom is 0.323 e. The van der Waals surface area contributed by atoms with Crippen LogP contribution in [0, 0.1) is 5.92 Å². The van der Waals surface area contributed by atoms with E-state index < -0.39 is 5.60 Å². The topological polar surface area (TPSA) is 38.3 Å². The molecule has 0 aliphatic carbocycles. The SMILES string of the molecule is CC(C)C(NCc1ccccc1Cl)C(=O)OC(C)(C)C. The second kappa shape index (κ2) is 7.09. The first-order chi connectivity index (χ1) is 9.20. The molecular formula is C16H24ClNO2. The molecule has 1 N–H and O–H groups in total. The lowest BCUT2D eigenvalue weighted by Crippen LogP contribution is -2.44. The van der Waals surface area contributed by atoms with Crippen molar-refractivity contribution in [3.05, 3.63) is 34.9 Å². The normalized spacial score (nSPS) is 13.3. The fourth-order valence-electron chi connectivity index (χ4n) is 1.82. The number of carbonyl (C=O) groups is 1. The maximum atomic E-state index is 12.2. The molecule has 1 unspecified atom stereocenters. The van der Waals surface area contributed by atoms with Crippen LogP contribution in [0.25, 0.3) is 0 Å². The van der Waals surface area contributed by atoms with E-state index in [1.807, 2.05) is 58.9 Å². The van der Waals surface area contributed by atoms with Crippen LogP contribution in [0.2, 0.25) is 5.02 Å². The summed E-state index contributed by atoms with van der Waals surface area (Å²) in [7, 11) is 0. The van der Waals surface area contributed by atoms with E-state index in [4.69, 9.17) is 16.3 Å². The quantitative estimate of drug-likeness (QED) is 0.840. The van der Waals surface area contributed by atoms with Crippen molar-refractivity contribution in [2.45, 2.75) is 52.8 Å². The number of halogens is 1. The minimum atomic E-state index is -0.476. The lowest BCUT2D eigenvalue weighted by atomic mass is 10.0. The first-order valence-corrected chi connectivity index (χ1v) is 7.28. The van der Waals surface area contributed by atoms with Crippen molar-refractivity contribution in [3.8, 4) is 0 Å². The second-order valence-electron chi connectivity index (χ2n) is 6.23. The molecular weight excluding hydrogens is 274 g/mol. The Kier molecular flexibility index (Phi) is 6.03. The predicted octanol–water partition coefficient (Wildman–Crippen LogP) is 3.80. The van der Waals surface area contributed by atoms with Gasteiger partial charge in [0.2, 0.25) is 0 Å². The van der Waals surface area contributed by atoms with E-state index in [1.165, 1.54) is 0 Å². The average Bonchev–Trinajstić information content (AvgIpc) is 2.28. The van der Waals surface area contributed by atoms with Crippen LogP contribution >= 0.6 is 11.6 Å². The van der Waals surface area contributed by atoms with Gasteiger partial charge < -0.3 is 10.1 Å². The standard InChI is InChI=1S/C16H24ClNO2/c1-11(2)14(15(19)20-16(3,4)5)18-10-12-8-6-7-9-13(12)17/h6-9,11,14,18H,10H2,1-5H3.